The Bertz CT molecular complexity index is 1230. The fraction of sp³-hybridized carbons (Fsp3) is 0.136. The number of carbonyl (C=O) groups is 1. The number of rotatable bonds is 8. The Morgan fingerprint density at radius 1 is 0.938 bits per heavy atom. The molecule has 0 unspecified atom stereocenters. The fourth-order valence-corrected chi connectivity index (χ4v) is 4.35. The molecule has 0 saturated heterocycles. The first-order chi connectivity index (χ1) is 15.1. The van der Waals surface area contributed by atoms with E-state index in [4.69, 9.17) is 39.5 Å². The van der Waals surface area contributed by atoms with E-state index >= 15 is 0 Å². The first-order valence-corrected chi connectivity index (χ1v) is 12.0. The molecule has 3 aromatic carbocycles. The molecule has 0 aliphatic rings. The van der Waals surface area contributed by atoms with Crippen LogP contribution in [0, 0.1) is 6.92 Å². The van der Waals surface area contributed by atoms with Crippen molar-refractivity contribution in [1.82, 2.24) is 5.32 Å². The van der Waals surface area contributed by atoms with Gasteiger partial charge in [-0.05, 0) is 66.6 Å². The molecule has 3 rings (SSSR count). The Morgan fingerprint density at radius 2 is 1.66 bits per heavy atom. The Balaban J connectivity index is 1.54. The summed E-state index contributed by atoms with van der Waals surface area (Å²) in [4.78, 5) is 12.1. The zero-order chi connectivity index (χ0) is 23.3. The topological polar surface area (TPSA) is 84.5 Å². The summed E-state index contributed by atoms with van der Waals surface area (Å²) in [7, 11) is -3.80. The third-order valence-corrected chi connectivity index (χ3v) is 6.81. The van der Waals surface area contributed by atoms with E-state index in [1.165, 1.54) is 24.3 Å². The molecule has 0 aliphatic carbocycles. The van der Waals surface area contributed by atoms with Gasteiger partial charge < -0.3 is 10.1 Å². The quantitative estimate of drug-likeness (QED) is 0.419. The van der Waals surface area contributed by atoms with E-state index in [9.17, 15) is 13.2 Å². The van der Waals surface area contributed by atoms with Crippen molar-refractivity contribution in [3.05, 3.63) is 86.9 Å². The van der Waals surface area contributed by atoms with Crippen molar-refractivity contribution in [2.24, 2.45) is 0 Å². The molecule has 0 aliphatic heterocycles. The SMILES string of the molecule is Cc1ccc(NS(=O)(=O)c2ccc(OCC(=O)NCc3ccc(Cl)cc3Cl)cc2)cc1Cl. The maximum atomic E-state index is 12.6. The standard InChI is InChI=1S/C22H19Cl3N2O4S/c1-14-2-5-17(11-20(14)24)27-32(29,30)19-8-6-18(7-9-19)31-13-22(28)26-12-15-3-4-16(23)10-21(15)25/h2-11,27H,12-13H2,1H3,(H,26,28). The molecule has 0 radical (unpaired) electrons. The second-order valence-electron chi connectivity index (χ2n) is 6.84. The molecule has 2 N–H and O–H groups in total. The highest BCUT2D eigenvalue weighted by atomic mass is 35.5. The van der Waals surface area contributed by atoms with Gasteiger partial charge in [0.1, 0.15) is 5.75 Å². The molecule has 0 fully saturated rings. The van der Waals surface area contributed by atoms with E-state index in [0.29, 0.717) is 26.5 Å². The third kappa shape index (κ3) is 6.53. The fourth-order valence-electron chi connectivity index (χ4n) is 2.64. The van der Waals surface area contributed by atoms with Crippen LogP contribution in [0.15, 0.2) is 65.6 Å². The summed E-state index contributed by atoms with van der Waals surface area (Å²) in [5, 5.41) is 4.12. The molecule has 3 aromatic rings. The van der Waals surface area contributed by atoms with Crippen molar-refractivity contribution in [2.45, 2.75) is 18.4 Å². The zero-order valence-corrected chi connectivity index (χ0v) is 19.9. The number of amides is 1. The summed E-state index contributed by atoms with van der Waals surface area (Å²) in [6.07, 6.45) is 0. The number of sulfonamides is 1. The van der Waals surface area contributed by atoms with Gasteiger partial charge in [0, 0.05) is 21.6 Å². The lowest BCUT2D eigenvalue weighted by molar-refractivity contribution is -0.123. The van der Waals surface area contributed by atoms with E-state index in [2.05, 4.69) is 10.0 Å². The van der Waals surface area contributed by atoms with Crippen LogP contribution >= 0.6 is 34.8 Å². The van der Waals surface area contributed by atoms with Crippen LogP contribution in [0.4, 0.5) is 5.69 Å². The molecular formula is C22H19Cl3N2O4S. The van der Waals surface area contributed by atoms with Gasteiger partial charge in [-0.25, -0.2) is 8.42 Å². The number of benzene rings is 3. The van der Waals surface area contributed by atoms with E-state index in [1.807, 2.05) is 6.92 Å². The highest BCUT2D eigenvalue weighted by Gasteiger charge is 2.15. The lowest BCUT2D eigenvalue weighted by atomic mass is 10.2. The Labute approximate surface area is 201 Å². The van der Waals surface area contributed by atoms with Crippen LogP contribution in [0.3, 0.4) is 0 Å². The molecule has 168 valence electrons. The Hall–Kier alpha value is -2.45. The molecule has 0 saturated carbocycles. The van der Waals surface area contributed by atoms with Crippen LogP contribution in [0.1, 0.15) is 11.1 Å². The number of ether oxygens (including phenoxy) is 1. The van der Waals surface area contributed by atoms with E-state index < -0.39 is 10.0 Å². The summed E-state index contributed by atoms with van der Waals surface area (Å²) in [6, 6.07) is 15.6. The third-order valence-electron chi connectivity index (χ3n) is 4.42. The minimum absolute atomic E-state index is 0.0448. The average Bonchev–Trinajstić information content (AvgIpc) is 2.74. The van der Waals surface area contributed by atoms with Crippen LogP contribution in [0.2, 0.25) is 15.1 Å². The normalized spacial score (nSPS) is 11.1. The maximum absolute atomic E-state index is 12.6. The second-order valence-corrected chi connectivity index (χ2v) is 9.78. The molecule has 0 aromatic heterocycles. The van der Waals surface area contributed by atoms with Crippen molar-refractivity contribution < 1.29 is 17.9 Å². The van der Waals surface area contributed by atoms with Crippen molar-refractivity contribution in [3.8, 4) is 5.75 Å². The van der Waals surface area contributed by atoms with Gasteiger partial charge in [-0.3, -0.25) is 9.52 Å². The van der Waals surface area contributed by atoms with Crippen molar-refractivity contribution in [2.75, 3.05) is 11.3 Å². The zero-order valence-electron chi connectivity index (χ0n) is 16.9. The van der Waals surface area contributed by atoms with Gasteiger partial charge in [0.05, 0.1) is 10.6 Å². The van der Waals surface area contributed by atoms with Gasteiger partial charge in [-0.15, -0.1) is 0 Å². The smallest absolute Gasteiger partial charge is 0.261 e. The molecule has 1 amide bonds. The molecule has 0 atom stereocenters. The largest absolute Gasteiger partial charge is 0.484 e. The van der Waals surface area contributed by atoms with Gasteiger partial charge in [-0.2, -0.15) is 0 Å². The predicted octanol–water partition coefficient (Wildman–Crippen LogP) is 5.45. The molecule has 6 nitrogen and oxygen atoms in total. The van der Waals surface area contributed by atoms with E-state index in [1.54, 1.807) is 36.4 Å². The Kier molecular flexibility index (Phi) is 7.90. The van der Waals surface area contributed by atoms with Gasteiger partial charge in [0.25, 0.3) is 15.9 Å². The van der Waals surface area contributed by atoms with Crippen LogP contribution in [0.25, 0.3) is 0 Å². The number of anilines is 1. The number of halogens is 3. The highest BCUT2D eigenvalue weighted by Crippen LogP contribution is 2.24. The first kappa shape index (κ1) is 24.2. The van der Waals surface area contributed by atoms with Crippen LogP contribution in [-0.2, 0) is 21.4 Å². The second kappa shape index (κ2) is 10.4. The van der Waals surface area contributed by atoms with Crippen LogP contribution in [0.5, 0.6) is 5.75 Å². The molecular weight excluding hydrogens is 495 g/mol. The molecule has 0 heterocycles. The van der Waals surface area contributed by atoms with E-state index in [-0.39, 0.29) is 24.0 Å². The molecule has 0 spiro atoms. The van der Waals surface area contributed by atoms with Crippen LogP contribution < -0.4 is 14.8 Å². The van der Waals surface area contributed by atoms with Crippen molar-refractivity contribution in [1.29, 1.82) is 0 Å². The van der Waals surface area contributed by atoms with Gasteiger partial charge >= 0.3 is 0 Å². The lowest BCUT2D eigenvalue weighted by Crippen LogP contribution is -2.28. The summed E-state index contributed by atoms with van der Waals surface area (Å²) in [5.41, 5.74) is 1.93. The van der Waals surface area contributed by atoms with Gasteiger partial charge in [0.15, 0.2) is 6.61 Å². The summed E-state index contributed by atoms with van der Waals surface area (Å²) in [6.45, 7) is 1.81. The number of nitrogens with one attached hydrogen (secondary N) is 2. The number of aryl methyl sites for hydroxylation is 1. The summed E-state index contributed by atoms with van der Waals surface area (Å²) in [5.74, 6) is -0.00682. The summed E-state index contributed by atoms with van der Waals surface area (Å²) < 4.78 is 33.0. The van der Waals surface area contributed by atoms with Gasteiger partial charge in [-0.1, -0.05) is 46.9 Å². The average molecular weight is 514 g/mol. The highest BCUT2D eigenvalue weighted by molar-refractivity contribution is 7.92. The number of carbonyl (C=O) groups excluding carboxylic acids is 1. The number of hydrogen-bond donors (Lipinski definition) is 2. The minimum Gasteiger partial charge on any atom is -0.484 e. The monoisotopic (exact) mass is 512 g/mol. The molecule has 0 bridgehead atoms. The lowest BCUT2D eigenvalue weighted by Gasteiger charge is -2.11. The van der Waals surface area contributed by atoms with Gasteiger partial charge in [0.2, 0.25) is 0 Å². The molecule has 32 heavy (non-hydrogen) atoms. The number of hydrogen-bond acceptors (Lipinski definition) is 4. The van der Waals surface area contributed by atoms with E-state index in [0.717, 1.165) is 11.1 Å². The van der Waals surface area contributed by atoms with Crippen molar-refractivity contribution in [3.63, 3.8) is 0 Å². The minimum atomic E-state index is -3.80. The Morgan fingerprint density at radius 3 is 2.31 bits per heavy atom. The maximum Gasteiger partial charge on any atom is 0.261 e. The van der Waals surface area contributed by atoms with Crippen molar-refractivity contribution >= 4 is 56.4 Å². The predicted molar refractivity (Wildman–Crippen MR) is 127 cm³/mol. The summed E-state index contributed by atoms with van der Waals surface area (Å²) >= 11 is 18.0. The van der Waals surface area contributed by atoms with Crippen LogP contribution in [-0.4, -0.2) is 20.9 Å². The first-order valence-electron chi connectivity index (χ1n) is 9.36. The molecule has 10 heteroatoms.